The predicted octanol–water partition coefficient (Wildman–Crippen LogP) is 3.32. The molecule has 0 aromatic carbocycles. The maximum atomic E-state index is 5.85. The quantitative estimate of drug-likeness (QED) is 0.923. The number of rotatable bonds is 3. The average Bonchev–Trinajstić information content (AvgIpc) is 2.89. The molecule has 2 fully saturated rings. The largest absolute Gasteiger partial charge is 0.345 e. The minimum atomic E-state index is 0.642. The van der Waals surface area contributed by atoms with Crippen LogP contribution < -0.4 is 10.6 Å². The first kappa shape index (κ1) is 13.4. The number of hydrogen-bond donors (Lipinski definition) is 1. The van der Waals surface area contributed by atoms with E-state index in [1.165, 1.54) is 60.8 Å². The SMILES string of the molecule is CCc1nc(N2CCCC3CCCCC32)sc1CN. The third-order valence-corrected chi connectivity index (χ3v) is 5.93. The van der Waals surface area contributed by atoms with Gasteiger partial charge in [-0.15, -0.1) is 11.3 Å². The minimum Gasteiger partial charge on any atom is -0.345 e. The topological polar surface area (TPSA) is 42.2 Å². The van der Waals surface area contributed by atoms with Gasteiger partial charge in [-0.05, 0) is 38.0 Å². The number of anilines is 1. The summed E-state index contributed by atoms with van der Waals surface area (Å²) < 4.78 is 0. The molecule has 1 aromatic rings. The second kappa shape index (κ2) is 5.80. The number of fused-ring (bicyclic) bond motifs is 1. The molecule has 0 radical (unpaired) electrons. The molecule has 106 valence electrons. The molecule has 0 spiro atoms. The molecule has 2 heterocycles. The summed E-state index contributed by atoms with van der Waals surface area (Å²) in [5, 5.41) is 1.24. The van der Waals surface area contributed by atoms with Gasteiger partial charge in [-0.25, -0.2) is 4.98 Å². The number of nitrogens with zero attached hydrogens (tertiary/aromatic N) is 2. The van der Waals surface area contributed by atoms with Gasteiger partial charge >= 0.3 is 0 Å². The van der Waals surface area contributed by atoms with Crippen molar-refractivity contribution in [2.75, 3.05) is 11.4 Å². The zero-order valence-corrected chi connectivity index (χ0v) is 12.7. The van der Waals surface area contributed by atoms with Gasteiger partial charge < -0.3 is 10.6 Å². The molecule has 2 atom stereocenters. The number of piperidine rings is 1. The molecule has 1 aromatic heterocycles. The fraction of sp³-hybridized carbons (Fsp3) is 0.800. The maximum Gasteiger partial charge on any atom is 0.186 e. The predicted molar refractivity (Wildman–Crippen MR) is 81.7 cm³/mol. The molecule has 3 nitrogen and oxygen atoms in total. The molecule has 19 heavy (non-hydrogen) atoms. The smallest absolute Gasteiger partial charge is 0.186 e. The zero-order chi connectivity index (χ0) is 13.2. The first-order chi connectivity index (χ1) is 9.33. The number of nitrogens with two attached hydrogens (primary N) is 1. The summed E-state index contributed by atoms with van der Waals surface area (Å²) in [5.74, 6) is 0.915. The number of aromatic nitrogens is 1. The van der Waals surface area contributed by atoms with E-state index >= 15 is 0 Å². The van der Waals surface area contributed by atoms with Crippen LogP contribution in [0.3, 0.4) is 0 Å². The van der Waals surface area contributed by atoms with E-state index in [0.717, 1.165) is 18.4 Å². The molecule has 1 saturated carbocycles. The fourth-order valence-electron chi connectivity index (χ4n) is 3.79. The monoisotopic (exact) mass is 279 g/mol. The van der Waals surface area contributed by atoms with Gasteiger partial charge in [-0.3, -0.25) is 0 Å². The number of aryl methyl sites for hydroxylation is 1. The van der Waals surface area contributed by atoms with Crippen LogP contribution in [0.25, 0.3) is 0 Å². The van der Waals surface area contributed by atoms with Crippen molar-refractivity contribution >= 4 is 16.5 Å². The summed E-state index contributed by atoms with van der Waals surface area (Å²) in [4.78, 5) is 8.77. The molecule has 0 amide bonds. The van der Waals surface area contributed by atoms with Crippen molar-refractivity contribution in [1.82, 2.24) is 4.98 Å². The molecule has 1 aliphatic carbocycles. The molecular formula is C15H25N3S. The second-order valence-electron chi connectivity index (χ2n) is 5.87. The van der Waals surface area contributed by atoms with Crippen LogP contribution in [-0.2, 0) is 13.0 Å². The van der Waals surface area contributed by atoms with Gasteiger partial charge in [0, 0.05) is 24.0 Å². The van der Waals surface area contributed by atoms with Crippen molar-refractivity contribution in [3.63, 3.8) is 0 Å². The van der Waals surface area contributed by atoms with Crippen molar-refractivity contribution in [3.8, 4) is 0 Å². The molecule has 1 saturated heterocycles. The molecule has 4 heteroatoms. The highest BCUT2D eigenvalue weighted by Crippen LogP contribution is 2.39. The van der Waals surface area contributed by atoms with Crippen LogP contribution in [0.4, 0.5) is 5.13 Å². The van der Waals surface area contributed by atoms with Crippen LogP contribution in [0.2, 0.25) is 0 Å². The van der Waals surface area contributed by atoms with Gasteiger partial charge in [0.15, 0.2) is 5.13 Å². The van der Waals surface area contributed by atoms with E-state index in [0.29, 0.717) is 6.54 Å². The zero-order valence-electron chi connectivity index (χ0n) is 11.9. The molecular weight excluding hydrogens is 254 g/mol. The first-order valence-corrected chi connectivity index (χ1v) is 8.60. The first-order valence-electron chi connectivity index (χ1n) is 7.78. The fourth-order valence-corrected chi connectivity index (χ4v) is 4.90. The van der Waals surface area contributed by atoms with Gasteiger partial charge in [0.1, 0.15) is 0 Å². The summed E-state index contributed by atoms with van der Waals surface area (Å²) in [5.41, 5.74) is 7.08. The molecule has 2 unspecified atom stereocenters. The minimum absolute atomic E-state index is 0.642. The summed E-state index contributed by atoms with van der Waals surface area (Å²) in [7, 11) is 0. The Balaban J connectivity index is 1.85. The van der Waals surface area contributed by atoms with E-state index in [9.17, 15) is 0 Å². The van der Waals surface area contributed by atoms with E-state index in [2.05, 4.69) is 11.8 Å². The van der Waals surface area contributed by atoms with Gasteiger partial charge in [0.2, 0.25) is 0 Å². The Hall–Kier alpha value is -0.610. The van der Waals surface area contributed by atoms with E-state index in [1.54, 1.807) is 0 Å². The number of thiazole rings is 1. The van der Waals surface area contributed by atoms with Crippen molar-refractivity contribution in [1.29, 1.82) is 0 Å². The Morgan fingerprint density at radius 2 is 2.05 bits per heavy atom. The van der Waals surface area contributed by atoms with Gasteiger partial charge in [0.05, 0.1) is 5.69 Å². The Morgan fingerprint density at radius 3 is 2.79 bits per heavy atom. The Kier molecular flexibility index (Phi) is 4.08. The third-order valence-electron chi connectivity index (χ3n) is 4.78. The molecule has 2 N–H and O–H groups in total. The average molecular weight is 279 g/mol. The van der Waals surface area contributed by atoms with Crippen molar-refractivity contribution < 1.29 is 0 Å². The van der Waals surface area contributed by atoms with Crippen LogP contribution in [0.1, 0.15) is 56.0 Å². The Bertz CT molecular complexity index is 406. The van der Waals surface area contributed by atoms with Gasteiger partial charge in [-0.1, -0.05) is 19.8 Å². The molecule has 1 aliphatic heterocycles. The lowest BCUT2D eigenvalue weighted by atomic mass is 9.78. The highest BCUT2D eigenvalue weighted by molar-refractivity contribution is 7.15. The molecule has 0 bridgehead atoms. The van der Waals surface area contributed by atoms with E-state index < -0.39 is 0 Å². The maximum absolute atomic E-state index is 5.85. The molecule has 3 rings (SSSR count). The van der Waals surface area contributed by atoms with E-state index in [4.69, 9.17) is 10.7 Å². The van der Waals surface area contributed by atoms with Crippen molar-refractivity contribution in [3.05, 3.63) is 10.6 Å². The lowest BCUT2D eigenvalue weighted by molar-refractivity contribution is 0.243. The lowest BCUT2D eigenvalue weighted by Crippen LogP contribution is -2.46. The van der Waals surface area contributed by atoms with Crippen LogP contribution >= 0.6 is 11.3 Å². The van der Waals surface area contributed by atoms with Crippen LogP contribution in [0, 0.1) is 5.92 Å². The van der Waals surface area contributed by atoms with E-state index in [-0.39, 0.29) is 0 Å². The number of hydrogen-bond acceptors (Lipinski definition) is 4. The normalized spacial score (nSPS) is 27.4. The lowest BCUT2D eigenvalue weighted by Gasteiger charge is -2.44. The van der Waals surface area contributed by atoms with Crippen molar-refractivity contribution in [2.24, 2.45) is 11.7 Å². The van der Waals surface area contributed by atoms with Crippen LogP contribution in [0.15, 0.2) is 0 Å². The van der Waals surface area contributed by atoms with Crippen molar-refractivity contribution in [2.45, 2.75) is 64.5 Å². The summed E-state index contributed by atoms with van der Waals surface area (Å²) >= 11 is 1.84. The summed E-state index contributed by atoms with van der Waals surface area (Å²) in [6, 6.07) is 0.754. The summed E-state index contributed by atoms with van der Waals surface area (Å²) in [6.45, 7) is 4.02. The highest BCUT2D eigenvalue weighted by atomic mass is 32.1. The van der Waals surface area contributed by atoms with Crippen LogP contribution in [-0.4, -0.2) is 17.6 Å². The summed E-state index contributed by atoms with van der Waals surface area (Å²) in [6.07, 6.45) is 9.39. The van der Waals surface area contributed by atoms with Gasteiger partial charge in [0.25, 0.3) is 0 Å². The Labute approximate surface area is 120 Å². The van der Waals surface area contributed by atoms with E-state index in [1.807, 2.05) is 11.3 Å². The molecule has 2 aliphatic rings. The van der Waals surface area contributed by atoms with Gasteiger partial charge in [-0.2, -0.15) is 0 Å². The second-order valence-corrected chi connectivity index (χ2v) is 6.93. The highest BCUT2D eigenvalue weighted by Gasteiger charge is 2.34. The van der Waals surface area contributed by atoms with Crippen LogP contribution in [0.5, 0.6) is 0 Å². The Morgan fingerprint density at radius 1 is 1.26 bits per heavy atom. The standard InChI is InChI=1S/C15H25N3S/c1-2-12-14(10-16)19-15(17-12)18-9-5-7-11-6-3-4-8-13(11)18/h11,13H,2-10,16H2,1H3. The third kappa shape index (κ3) is 2.52.